The van der Waals surface area contributed by atoms with Crippen molar-refractivity contribution >= 4 is 23.2 Å². The van der Waals surface area contributed by atoms with E-state index in [9.17, 15) is 14.9 Å². The number of nitrogens with zero attached hydrogens (tertiary/aromatic N) is 2. The number of carbonyl (C=O) groups is 1. The molecule has 1 N–H and O–H groups in total. The van der Waals surface area contributed by atoms with Gasteiger partial charge in [-0.2, -0.15) is 0 Å². The molecular weight excluding hydrogens is 354 g/mol. The van der Waals surface area contributed by atoms with Gasteiger partial charge in [0.15, 0.2) is 0 Å². The third-order valence-corrected chi connectivity index (χ3v) is 6.02. The molecule has 1 aromatic rings. The van der Waals surface area contributed by atoms with Gasteiger partial charge in [0.1, 0.15) is 5.56 Å². The SMILES string of the molecule is O=C(NCC1(N2CCCCC2)CCCCC1)c1cc(Cl)ccc1[N+](=O)[O-]. The molecule has 2 aliphatic rings. The highest BCUT2D eigenvalue weighted by Gasteiger charge is 2.38. The Bertz CT molecular complexity index is 668. The number of likely N-dealkylation sites (tertiary alicyclic amines) is 1. The van der Waals surface area contributed by atoms with E-state index >= 15 is 0 Å². The number of amides is 1. The lowest BCUT2D eigenvalue weighted by atomic mass is 9.79. The Morgan fingerprint density at radius 2 is 1.81 bits per heavy atom. The second-order valence-corrected chi connectivity index (χ2v) is 7.87. The van der Waals surface area contributed by atoms with Crippen molar-refractivity contribution in [1.29, 1.82) is 0 Å². The Kier molecular flexibility index (Phi) is 6.14. The number of nitrogens with one attached hydrogen (secondary N) is 1. The Morgan fingerprint density at radius 3 is 2.46 bits per heavy atom. The highest BCUT2D eigenvalue weighted by Crippen LogP contribution is 2.35. The number of halogens is 1. The van der Waals surface area contributed by atoms with Crippen molar-refractivity contribution in [2.75, 3.05) is 19.6 Å². The number of benzene rings is 1. The van der Waals surface area contributed by atoms with Gasteiger partial charge in [0, 0.05) is 23.2 Å². The topological polar surface area (TPSA) is 75.5 Å². The zero-order valence-electron chi connectivity index (χ0n) is 15.0. The van der Waals surface area contributed by atoms with Gasteiger partial charge in [-0.05, 0) is 50.9 Å². The summed E-state index contributed by atoms with van der Waals surface area (Å²) in [5.41, 5.74) is -0.184. The fourth-order valence-corrected chi connectivity index (χ4v) is 4.54. The van der Waals surface area contributed by atoms with Crippen LogP contribution in [0.1, 0.15) is 61.7 Å². The molecular formula is C19H26ClN3O3. The average molecular weight is 380 g/mol. The lowest BCUT2D eigenvalue weighted by molar-refractivity contribution is -0.385. The summed E-state index contributed by atoms with van der Waals surface area (Å²) in [5.74, 6) is -0.416. The molecule has 0 bridgehead atoms. The van der Waals surface area contributed by atoms with Crippen molar-refractivity contribution in [3.63, 3.8) is 0 Å². The monoisotopic (exact) mass is 379 g/mol. The molecule has 3 rings (SSSR count). The van der Waals surface area contributed by atoms with Gasteiger partial charge in [0.2, 0.25) is 0 Å². The van der Waals surface area contributed by atoms with Gasteiger partial charge in [0.25, 0.3) is 11.6 Å². The van der Waals surface area contributed by atoms with Gasteiger partial charge in [-0.3, -0.25) is 19.8 Å². The summed E-state index contributed by atoms with van der Waals surface area (Å²) in [7, 11) is 0. The van der Waals surface area contributed by atoms with E-state index in [2.05, 4.69) is 10.2 Å². The summed E-state index contributed by atoms with van der Waals surface area (Å²) in [4.78, 5) is 25.9. The van der Waals surface area contributed by atoms with Gasteiger partial charge in [-0.25, -0.2) is 0 Å². The van der Waals surface area contributed by atoms with Crippen LogP contribution in [0.25, 0.3) is 0 Å². The normalized spacial score (nSPS) is 20.5. The molecule has 6 nitrogen and oxygen atoms in total. The molecule has 0 aromatic heterocycles. The summed E-state index contributed by atoms with van der Waals surface area (Å²) in [6.07, 6.45) is 9.41. The van der Waals surface area contributed by atoms with Crippen LogP contribution >= 0.6 is 11.6 Å². The van der Waals surface area contributed by atoms with E-state index in [1.54, 1.807) is 0 Å². The highest BCUT2D eigenvalue weighted by molar-refractivity contribution is 6.31. The molecule has 142 valence electrons. The van der Waals surface area contributed by atoms with Crippen molar-refractivity contribution in [2.24, 2.45) is 0 Å². The molecule has 0 radical (unpaired) electrons. The summed E-state index contributed by atoms with van der Waals surface area (Å²) < 4.78 is 0. The van der Waals surface area contributed by atoms with Gasteiger partial charge in [-0.15, -0.1) is 0 Å². The predicted molar refractivity (Wildman–Crippen MR) is 102 cm³/mol. The minimum absolute atomic E-state index is 0.0122. The molecule has 1 aliphatic heterocycles. The lowest BCUT2D eigenvalue weighted by Gasteiger charge is -2.48. The summed E-state index contributed by atoms with van der Waals surface area (Å²) in [5, 5.41) is 14.5. The number of piperidine rings is 1. The Balaban J connectivity index is 1.76. The molecule has 7 heteroatoms. The molecule has 0 atom stereocenters. The van der Waals surface area contributed by atoms with Crippen molar-refractivity contribution in [1.82, 2.24) is 10.2 Å². The minimum Gasteiger partial charge on any atom is -0.350 e. The molecule has 1 aromatic carbocycles. The molecule has 1 saturated heterocycles. The first kappa shape index (κ1) is 19.1. The predicted octanol–water partition coefficient (Wildman–Crippen LogP) is 4.17. The number of hydrogen-bond donors (Lipinski definition) is 1. The maximum atomic E-state index is 12.7. The van der Waals surface area contributed by atoms with Crippen LogP contribution in [-0.2, 0) is 0 Å². The molecule has 0 spiro atoms. The second-order valence-electron chi connectivity index (χ2n) is 7.43. The van der Waals surface area contributed by atoms with E-state index in [-0.39, 0.29) is 16.8 Å². The van der Waals surface area contributed by atoms with Crippen LogP contribution < -0.4 is 5.32 Å². The minimum atomic E-state index is -0.535. The van der Waals surface area contributed by atoms with E-state index < -0.39 is 10.8 Å². The quantitative estimate of drug-likeness (QED) is 0.615. The Labute approximate surface area is 159 Å². The van der Waals surface area contributed by atoms with Crippen LogP contribution in [0.15, 0.2) is 18.2 Å². The van der Waals surface area contributed by atoms with Crippen molar-refractivity contribution in [3.8, 4) is 0 Å². The first-order valence-electron chi connectivity index (χ1n) is 9.49. The standard InChI is InChI=1S/C19H26ClN3O3/c20-15-7-8-17(23(25)26)16(13-15)18(24)21-14-19(9-3-1-4-10-19)22-11-5-2-6-12-22/h7-8,13H,1-6,9-12,14H2,(H,21,24). The van der Waals surface area contributed by atoms with Crippen LogP contribution in [0.5, 0.6) is 0 Å². The third kappa shape index (κ3) is 4.18. The van der Waals surface area contributed by atoms with Crippen molar-refractivity contribution in [2.45, 2.75) is 56.9 Å². The largest absolute Gasteiger partial charge is 0.350 e. The molecule has 2 fully saturated rings. The van der Waals surface area contributed by atoms with E-state index in [4.69, 9.17) is 11.6 Å². The number of hydrogen-bond acceptors (Lipinski definition) is 4. The van der Waals surface area contributed by atoms with Crippen molar-refractivity contribution in [3.05, 3.63) is 38.9 Å². The van der Waals surface area contributed by atoms with Gasteiger partial charge in [-0.1, -0.05) is 37.3 Å². The summed E-state index contributed by atoms with van der Waals surface area (Å²) in [6, 6.07) is 4.11. The zero-order valence-corrected chi connectivity index (χ0v) is 15.8. The fraction of sp³-hybridized carbons (Fsp3) is 0.632. The fourth-order valence-electron chi connectivity index (χ4n) is 4.37. The Morgan fingerprint density at radius 1 is 1.15 bits per heavy atom. The van der Waals surface area contributed by atoms with Gasteiger partial charge >= 0.3 is 0 Å². The molecule has 0 unspecified atom stereocenters. The van der Waals surface area contributed by atoms with E-state index in [1.165, 1.54) is 56.7 Å². The first-order chi connectivity index (χ1) is 12.5. The van der Waals surface area contributed by atoms with Gasteiger partial charge in [0.05, 0.1) is 4.92 Å². The Hall–Kier alpha value is -1.66. The number of nitro benzene ring substituents is 1. The lowest BCUT2D eigenvalue weighted by Crippen LogP contribution is -2.58. The van der Waals surface area contributed by atoms with Crippen LogP contribution in [0.3, 0.4) is 0 Å². The smallest absolute Gasteiger partial charge is 0.282 e. The molecule has 1 heterocycles. The average Bonchev–Trinajstić information content (AvgIpc) is 2.67. The first-order valence-corrected chi connectivity index (χ1v) is 9.87. The van der Waals surface area contributed by atoms with Gasteiger partial charge < -0.3 is 5.32 Å². The van der Waals surface area contributed by atoms with E-state index in [0.717, 1.165) is 25.9 Å². The third-order valence-electron chi connectivity index (χ3n) is 5.79. The van der Waals surface area contributed by atoms with Crippen molar-refractivity contribution < 1.29 is 9.72 Å². The number of carbonyl (C=O) groups excluding carboxylic acids is 1. The summed E-state index contributed by atoms with van der Waals surface area (Å²) >= 11 is 5.95. The maximum Gasteiger partial charge on any atom is 0.282 e. The molecule has 26 heavy (non-hydrogen) atoms. The highest BCUT2D eigenvalue weighted by atomic mass is 35.5. The zero-order chi connectivity index (χ0) is 18.6. The number of nitro groups is 1. The maximum absolute atomic E-state index is 12.7. The van der Waals surface area contributed by atoms with Crippen LogP contribution in [-0.4, -0.2) is 40.9 Å². The van der Waals surface area contributed by atoms with Crippen LogP contribution in [0.4, 0.5) is 5.69 Å². The van der Waals surface area contributed by atoms with Crippen LogP contribution in [0, 0.1) is 10.1 Å². The molecule has 1 aliphatic carbocycles. The van der Waals surface area contributed by atoms with E-state index in [1.807, 2.05) is 0 Å². The molecule has 1 amide bonds. The summed E-state index contributed by atoms with van der Waals surface area (Å²) in [6.45, 7) is 2.69. The van der Waals surface area contributed by atoms with E-state index in [0.29, 0.717) is 11.6 Å². The number of rotatable bonds is 5. The second kappa shape index (κ2) is 8.35. The van der Waals surface area contributed by atoms with Crippen LogP contribution in [0.2, 0.25) is 5.02 Å². The molecule has 1 saturated carbocycles.